The molecule has 0 radical (unpaired) electrons. The van der Waals surface area contributed by atoms with Crippen LogP contribution in [0.25, 0.3) is 11.3 Å². The van der Waals surface area contributed by atoms with Gasteiger partial charge in [-0.25, -0.2) is 4.39 Å². The zero-order valence-corrected chi connectivity index (χ0v) is 20.1. The molecule has 1 fully saturated rings. The number of piperazine rings is 1. The maximum absolute atomic E-state index is 13.9. The first-order valence-corrected chi connectivity index (χ1v) is 11.9. The summed E-state index contributed by atoms with van der Waals surface area (Å²) in [5.41, 5.74) is 2.64. The molecule has 2 aromatic heterocycles. The normalized spacial score (nSPS) is 14.3. The zero-order chi connectivity index (χ0) is 26.2. The molecule has 5 rings (SSSR count). The Morgan fingerprint density at radius 1 is 0.973 bits per heavy atom. The Hall–Kier alpha value is -4.01. The number of furan rings is 1. The summed E-state index contributed by atoms with van der Waals surface area (Å²) < 4.78 is 60.4. The fourth-order valence-electron chi connectivity index (χ4n) is 4.76. The van der Waals surface area contributed by atoms with Gasteiger partial charge >= 0.3 is 6.18 Å². The van der Waals surface area contributed by atoms with E-state index in [0.29, 0.717) is 55.4 Å². The van der Waals surface area contributed by atoms with E-state index >= 15 is 0 Å². The average Bonchev–Trinajstić information content (AvgIpc) is 3.52. The maximum atomic E-state index is 13.9. The molecule has 9 heteroatoms. The fourth-order valence-corrected chi connectivity index (χ4v) is 4.76. The first kappa shape index (κ1) is 24.7. The van der Waals surface area contributed by atoms with E-state index in [-0.39, 0.29) is 11.7 Å². The van der Waals surface area contributed by atoms with Crippen LogP contribution in [0.4, 0.5) is 23.2 Å². The number of hydrogen-bond donors (Lipinski definition) is 0. The molecular weight excluding hydrogens is 486 g/mol. The lowest BCUT2D eigenvalue weighted by molar-refractivity contribution is -0.137. The Morgan fingerprint density at radius 3 is 2.35 bits per heavy atom. The molecule has 5 nitrogen and oxygen atoms in total. The third kappa shape index (κ3) is 5.12. The van der Waals surface area contributed by atoms with E-state index in [9.17, 15) is 22.4 Å². The second-order valence-electron chi connectivity index (χ2n) is 9.09. The van der Waals surface area contributed by atoms with Gasteiger partial charge in [0.15, 0.2) is 0 Å². The van der Waals surface area contributed by atoms with Gasteiger partial charge in [-0.1, -0.05) is 18.2 Å². The third-order valence-corrected chi connectivity index (χ3v) is 6.61. The maximum Gasteiger partial charge on any atom is 0.416 e. The molecule has 0 aliphatic carbocycles. The molecular formula is C28H25F4N3O2. The minimum atomic E-state index is -4.41. The van der Waals surface area contributed by atoms with Crippen molar-refractivity contribution in [2.45, 2.75) is 19.6 Å². The van der Waals surface area contributed by atoms with Crippen LogP contribution in [0.5, 0.6) is 0 Å². The summed E-state index contributed by atoms with van der Waals surface area (Å²) in [5.74, 6) is 0.0465. The van der Waals surface area contributed by atoms with Crippen LogP contribution in [0, 0.1) is 12.7 Å². The van der Waals surface area contributed by atoms with E-state index in [2.05, 4.69) is 0 Å². The lowest BCUT2D eigenvalue weighted by Crippen LogP contribution is -2.49. The van der Waals surface area contributed by atoms with Gasteiger partial charge in [0.1, 0.15) is 17.3 Å². The number of carbonyl (C=O) groups excluding carboxylic acids is 1. The van der Waals surface area contributed by atoms with Crippen LogP contribution in [-0.2, 0) is 12.7 Å². The van der Waals surface area contributed by atoms with Crippen molar-refractivity contribution in [1.82, 2.24) is 9.47 Å². The second kappa shape index (κ2) is 9.80. The number of alkyl halides is 3. The van der Waals surface area contributed by atoms with Crippen LogP contribution in [0.2, 0.25) is 0 Å². The Bertz CT molecular complexity index is 1380. The quantitative estimate of drug-likeness (QED) is 0.299. The number of aromatic nitrogens is 1. The molecule has 3 heterocycles. The molecule has 1 amide bonds. The van der Waals surface area contributed by atoms with E-state index in [1.165, 1.54) is 18.2 Å². The van der Waals surface area contributed by atoms with Crippen molar-refractivity contribution in [3.63, 3.8) is 0 Å². The molecule has 37 heavy (non-hydrogen) atoms. The number of carbonyl (C=O) groups is 1. The number of hydrogen-bond acceptors (Lipinski definition) is 3. The zero-order valence-electron chi connectivity index (χ0n) is 20.1. The summed E-state index contributed by atoms with van der Waals surface area (Å²) >= 11 is 0. The summed E-state index contributed by atoms with van der Waals surface area (Å²) in [4.78, 5) is 17.4. The van der Waals surface area contributed by atoms with E-state index in [1.54, 1.807) is 41.5 Å². The van der Waals surface area contributed by atoms with Crippen molar-refractivity contribution < 1.29 is 26.8 Å². The van der Waals surface area contributed by atoms with Gasteiger partial charge in [-0.05, 0) is 60.5 Å². The van der Waals surface area contributed by atoms with Gasteiger partial charge in [0, 0.05) is 44.6 Å². The van der Waals surface area contributed by atoms with E-state index < -0.39 is 11.7 Å². The monoisotopic (exact) mass is 511 g/mol. The van der Waals surface area contributed by atoms with Crippen LogP contribution in [0.3, 0.4) is 0 Å². The molecule has 1 saturated heterocycles. The summed E-state index contributed by atoms with van der Waals surface area (Å²) in [6.45, 7) is 3.79. The summed E-state index contributed by atoms with van der Waals surface area (Å²) in [7, 11) is 0. The summed E-state index contributed by atoms with van der Waals surface area (Å²) in [6.07, 6.45) is -0.981. The largest absolute Gasteiger partial charge is 0.464 e. The van der Waals surface area contributed by atoms with Gasteiger partial charge in [-0.2, -0.15) is 13.2 Å². The number of halogens is 4. The Labute approximate surface area is 211 Å². The average molecular weight is 512 g/mol. The third-order valence-electron chi connectivity index (χ3n) is 6.61. The molecule has 0 unspecified atom stereocenters. The fraction of sp³-hybridized carbons (Fsp3) is 0.250. The molecule has 192 valence electrons. The van der Waals surface area contributed by atoms with E-state index in [1.807, 2.05) is 22.6 Å². The van der Waals surface area contributed by atoms with Crippen molar-refractivity contribution in [2.75, 3.05) is 31.1 Å². The molecule has 4 aromatic rings. The summed E-state index contributed by atoms with van der Waals surface area (Å²) in [5, 5.41) is 0. The van der Waals surface area contributed by atoms with Gasteiger partial charge in [-0.3, -0.25) is 4.79 Å². The minimum Gasteiger partial charge on any atom is -0.464 e. The number of aryl methyl sites for hydroxylation is 1. The van der Waals surface area contributed by atoms with Gasteiger partial charge in [0.05, 0.1) is 17.4 Å². The highest BCUT2D eigenvalue weighted by Gasteiger charge is 2.32. The minimum absolute atomic E-state index is 0.190. The second-order valence-corrected chi connectivity index (χ2v) is 9.09. The molecule has 1 aliphatic heterocycles. The first-order valence-electron chi connectivity index (χ1n) is 11.9. The lowest BCUT2D eigenvalue weighted by atomic mass is 10.1. The molecule has 0 N–H and O–H groups in total. The number of nitrogens with zero attached hydrogens (tertiary/aromatic N) is 3. The van der Waals surface area contributed by atoms with Crippen LogP contribution in [0.15, 0.2) is 77.5 Å². The predicted molar refractivity (Wildman–Crippen MR) is 132 cm³/mol. The van der Waals surface area contributed by atoms with Gasteiger partial charge in [0.25, 0.3) is 5.91 Å². The van der Waals surface area contributed by atoms with Crippen LogP contribution in [-0.4, -0.2) is 41.6 Å². The molecule has 0 saturated carbocycles. The van der Waals surface area contributed by atoms with E-state index in [0.717, 1.165) is 23.3 Å². The highest BCUT2D eigenvalue weighted by molar-refractivity contribution is 6.00. The topological polar surface area (TPSA) is 41.6 Å². The molecule has 1 aliphatic rings. The Morgan fingerprint density at radius 2 is 1.70 bits per heavy atom. The smallest absolute Gasteiger partial charge is 0.416 e. The van der Waals surface area contributed by atoms with Crippen LogP contribution >= 0.6 is 0 Å². The Kier molecular flexibility index (Phi) is 6.54. The van der Waals surface area contributed by atoms with Crippen molar-refractivity contribution in [3.05, 3.63) is 101 Å². The molecule has 0 atom stereocenters. The van der Waals surface area contributed by atoms with Gasteiger partial charge in [-0.15, -0.1) is 0 Å². The van der Waals surface area contributed by atoms with Crippen molar-refractivity contribution in [1.29, 1.82) is 0 Å². The standard InChI is InChI=1S/C28H25F4N3O2/c1-19-17-35(18-20-7-9-22(29)10-8-20)26(25(19)24-6-3-15-37-24)27(36)34-13-11-33(12-14-34)23-5-2-4-21(16-23)28(30,31)32/h2-10,15-17H,11-14,18H2,1H3. The molecule has 2 aromatic carbocycles. The Balaban J connectivity index is 1.40. The van der Waals surface area contributed by atoms with Gasteiger partial charge < -0.3 is 18.8 Å². The highest BCUT2D eigenvalue weighted by Crippen LogP contribution is 2.33. The SMILES string of the molecule is Cc1cn(Cc2ccc(F)cc2)c(C(=O)N2CCN(c3cccc(C(F)(F)F)c3)CC2)c1-c1ccco1. The van der Waals surface area contributed by atoms with Crippen LogP contribution in [0.1, 0.15) is 27.2 Å². The molecule has 0 spiro atoms. The number of rotatable bonds is 5. The highest BCUT2D eigenvalue weighted by atomic mass is 19.4. The van der Waals surface area contributed by atoms with E-state index in [4.69, 9.17) is 4.42 Å². The van der Waals surface area contributed by atoms with Gasteiger partial charge in [0.2, 0.25) is 0 Å². The summed E-state index contributed by atoms with van der Waals surface area (Å²) in [6, 6.07) is 14.9. The molecule has 0 bridgehead atoms. The number of amides is 1. The predicted octanol–water partition coefficient (Wildman–Crippen LogP) is 6.23. The lowest BCUT2D eigenvalue weighted by Gasteiger charge is -2.36. The number of anilines is 1. The van der Waals surface area contributed by atoms with Crippen molar-refractivity contribution in [2.24, 2.45) is 0 Å². The number of benzene rings is 2. The van der Waals surface area contributed by atoms with Crippen LogP contribution < -0.4 is 4.90 Å². The first-order chi connectivity index (χ1) is 17.7. The van der Waals surface area contributed by atoms with Crippen molar-refractivity contribution >= 4 is 11.6 Å². The van der Waals surface area contributed by atoms with Crippen molar-refractivity contribution in [3.8, 4) is 11.3 Å².